The molecule has 1 saturated carbocycles. The smallest absolute Gasteiger partial charge is 0.200 e. The summed E-state index contributed by atoms with van der Waals surface area (Å²) >= 11 is 2.96. The SMILES string of the molecule is O=C(Br)C1CCCC1. The van der Waals surface area contributed by atoms with Gasteiger partial charge in [-0.3, -0.25) is 4.79 Å². The molecule has 0 heterocycles. The number of hydrogen-bond acceptors (Lipinski definition) is 1. The van der Waals surface area contributed by atoms with E-state index in [0.29, 0.717) is 5.92 Å². The highest BCUT2D eigenvalue weighted by Gasteiger charge is 2.19. The lowest BCUT2D eigenvalue weighted by Crippen LogP contribution is -2.00. The Morgan fingerprint density at radius 3 is 2.12 bits per heavy atom. The van der Waals surface area contributed by atoms with Crippen LogP contribution in [0.1, 0.15) is 25.7 Å². The lowest BCUT2D eigenvalue weighted by atomic mass is 10.1. The fraction of sp³-hybridized carbons (Fsp3) is 0.833. The van der Waals surface area contributed by atoms with Gasteiger partial charge in [0.2, 0.25) is 4.69 Å². The molecular weight excluding hydrogens is 168 g/mol. The molecule has 0 spiro atoms. The first-order valence-electron chi connectivity index (χ1n) is 3.00. The number of hydrogen-bond donors (Lipinski definition) is 0. The monoisotopic (exact) mass is 176 g/mol. The molecule has 1 rings (SSSR count). The highest BCUT2D eigenvalue weighted by atomic mass is 79.9. The average Bonchev–Trinajstić information content (AvgIpc) is 2.12. The maximum atomic E-state index is 10.6. The van der Waals surface area contributed by atoms with Gasteiger partial charge in [0.15, 0.2) is 0 Å². The molecule has 0 N–H and O–H groups in total. The Balaban J connectivity index is 2.35. The Kier molecular flexibility index (Phi) is 2.06. The van der Waals surface area contributed by atoms with Crippen LogP contribution in [-0.4, -0.2) is 4.69 Å². The summed E-state index contributed by atoms with van der Waals surface area (Å²) in [6.45, 7) is 0. The number of carbonyl (C=O) groups excluding carboxylic acids is 1. The average molecular weight is 177 g/mol. The predicted octanol–water partition coefficient (Wildman–Crippen LogP) is 2.10. The van der Waals surface area contributed by atoms with Crippen LogP contribution in [0, 0.1) is 5.92 Å². The Morgan fingerprint density at radius 1 is 1.38 bits per heavy atom. The Labute approximate surface area is 57.6 Å². The van der Waals surface area contributed by atoms with Crippen molar-refractivity contribution in [3.8, 4) is 0 Å². The third-order valence-corrected chi connectivity index (χ3v) is 2.32. The van der Waals surface area contributed by atoms with Crippen molar-refractivity contribution < 1.29 is 4.79 Å². The fourth-order valence-corrected chi connectivity index (χ4v) is 1.61. The molecule has 0 atom stereocenters. The van der Waals surface area contributed by atoms with Gasteiger partial charge in [-0.2, -0.15) is 0 Å². The molecule has 0 bridgehead atoms. The van der Waals surface area contributed by atoms with Crippen LogP contribution in [0.2, 0.25) is 0 Å². The summed E-state index contributed by atoms with van der Waals surface area (Å²) in [6.07, 6.45) is 4.68. The van der Waals surface area contributed by atoms with Gasteiger partial charge in [0, 0.05) is 5.92 Å². The summed E-state index contributed by atoms with van der Waals surface area (Å²) in [7, 11) is 0. The van der Waals surface area contributed by atoms with Gasteiger partial charge in [-0.05, 0) is 28.8 Å². The maximum Gasteiger partial charge on any atom is 0.200 e. The van der Waals surface area contributed by atoms with Crippen LogP contribution in [0.5, 0.6) is 0 Å². The maximum absolute atomic E-state index is 10.6. The molecule has 1 aliphatic rings. The molecule has 8 heavy (non-hydrogen) atoms. The molecule has 0 aromatic heterocycles. The Hall–Kier alpha value is 0.150. The van der Waals surface area contributed by atoms with E-state index < -0.39 is 0 Å². The molecule has 1 fully saturated rings. The predicted molar refractivity (Wildman–Crippen MR) is 35.9 cm³/mol. The molecule has 0 unspecified atom stereocenters. The summed E-state index contributed by atoms with van der Waals surface area (Å²) in [6, 6.07) is 0. The van der Waals surface area contributed by atoms with E-state index in [2.05, 4.69) is 15.9 Å². The minimum atomic E-state index is 0.204. The summed E-state index contributed by atoms with van der Waals surface area (Å²) < 4.78 is 0.204. The van der Waals surface area contributed by atoms with Crippen molar-refractivity contribution in [3.63, 3.8) is 0 Å². The molecule has 1 aliphatic carbocycles. The lowest BCUT2D eigenvalue weighted by Gasteiger charge is -1.97. The summed E-state index contributed by atoms with van der Waals surface area (Å²) in [4.78, 5) is 10.6. The minimum absolute atomic E-state index is 0.204. The van der Waals surface area contributed by atoms with Gasteiger partial charge in [-0.15, -0.1) is 0 Å². The fourth-order valence-electron chi connectivity index (χ4n) is 1.15. The van der Waals surface area contributed by atoms with E-state index >= 15 is 0 Å². The van der Waals surface area contributed by atoms with Gasteiger partial charge in [0.1, 0.15) is 0 Å². The number of carbonyl (C=O) groups is 1. The lowest BCUT2D eigenvalue weighted by molar-refractivity contribution is -0.113. The molecule has 0 radical (unpaired) electrons. The van der Waals surface area contributed by atoms with Crippen molar-refractivity contribution in [2.75, 3.05) is 0 Å². The first kappa shape index (κ1) is 6.27. The van der Waals surface area contributed by atoms with E-state index in [1.165, 1.54) is 12.8 Å². The molecule has 0 saturated heterocycles. The molecule has 46 valence electrons. The zero-order chi connectivity index (χ0) is 5.98. The second kappa shape index (κ2) is 2.62. The molecule has 1 nitrogen and oxygen atoms in total. The second-order valence-electron chi connectivity index (χ2n) is 2.29. The molecule has 0 aromatic carbocycles. The third kappa shape index (κ3) is 1.31. The summed E-state index contributed by atoms with van der Waals surface area (Å²) in [5, 5.41) is 0. The van der Waals surface area contributed by atoms with Crippen LogP contribution in [0.15, 0.2) is 0 Å². The zero-order valence-corrected chi connectivity index (χ0v) is 6.28. The Bertz CT molecular complexity index is 94.7. The molecule has 0 aliphatic heterocycles. The van der Waals surface area contributed by atoms with Crippen LogP contribution in [-0.2, 0) is 4.79 Å². The summed E-state index contributed by atoms with van der Waals surface area (Å²) in [5.41, 5.74) is 0. The van der Waals surface area contributed by atoms with Crippen LogP contribution >= 0.6 is 15.9 Å². The standard InChI is InChI=1S/C6H9BrO/c7-6(8)5-3-1-2-4-5/h5H,1-4H2. The van der Waals surface area contributed by atoms with Crippen LogP contribution in [0.4, 0.5) is 0 Å². The normalized spacial score (nSPS) is 21.6. The van der Waals surface area contributed by atoms with E-state index in [1.54, 1.807) is 0 Å². The second-order valence-corrected chi connectivity index (χ2v) is 3.07. The molecular formula is C6H9BrO. The van der Waals surface area contributed by atoms with E-state index in [4.69, 9.17) is 0 Å². The first-order chi connectivity index (χ1) is 3.80. The van der Waals surface area contributed by atoms with Crippen molar-refractivity contribution in [2.24, 2.45) is 5.92 Å². The van der Waals surface area contributed by atoms with Gasteiger partial charge in [-0.25, -0.2) is 0 Å². The van der Waals surface area contributed by atoms with Crippen LogP contribution < -0.4 is 0 Å². The highest BCUT2D eigenvalue weighted by molar-refractivity contribution is 9.18. The summed E-state index contributed by atoms with van der Waals surface area (Å²) in [5.74, 6) is 0.343. The van der Waals surface area contributed by atoms with Crippen molar-refractivity contribution >= 4 is 20.6 Å². The van der Waals surface area contributed by atoms with Gasteiger partial charge in [-0.1, -0.05) is 12.8 Å². The van der Waals surface area contributed by atoms with Gasteiger partial charge in [0.05, 0.1) is 0 Å². The van der Waals surface area contributed by atoms with E-state index in [0.717, 1.165) is 12.8 Å². The van der Waals surface area contributed by atoms with E-state index in [9.17, 15) is 4.79 Å². The molecule has 0 aromatic rings. The highest BCUT2D eigenvalue weighted by Crippen LogP contribution is 2.26. The van der Waals surface area contributed by atoms with Gasteiger partial charge in [0.25, 0.3) is 0 Å². The molecule has 0 amide bonds. The zero-order valence-electron chi connectivity index (χ0n) is 4.69. The van der Waals surface area contributed by atoms with E-state index in [-0.39, 0.29) is 4.69 Å². The van der Waals surface area contributed by atoms with Crippen molar-refractivity contribution in [3.05, 3.63) is 0 Å². The van der Waals surface area contributed by atoms with Crippen molar-refractivity contribution in [2.45, 2.75) is 25.7 Å². The van der Waals surface area contributed by atoms with Crippen molar-refractivity contribution in [1.82, 2.24) is 0 Å². The van der Waals surface area contributed by atoms with Crippen LogP contribution in [0.25, 0.3) is 0 Å². The minimum Gasteiger partial charge on any atom is -0.286 e. The Morgan fingerprint density at radius 2 is 1.88 bits per heavy atom. The molecule has 2 heteroatoms. The van der Waals surface area contributed by atoms with E-state index in [1.807, 2.05) is 0 Å². The van der Waals surface area contributed by atoms with Crippen molar-refractivity contribution in [1.29, 1.82) is 0 Å². The van der Waals surface area contributed by atoms with Gasteiger partial charge < -0.3 is 0 Å². The number of halogens is 1. The largest absolute Gasteiger partial charge is 0.286 e. The van der Waals surface area contributed by atoms with Crippen LogP contribution in [0.3, 0.4) is 0 Å². The first-order valence-corrected chi connectivity index (χ1v) is 3.79. The topological polar surface area (TPSA) is 17.1 Å². The van der Waals surface area contributed by atoms with Gasteiger partial charge >= 0.3 is 0 Å². The number of rotatable bonds is 1. The quantitative estimate of drug-likeness (QED) is 0.560. The third-order valence-electron chi connectivity index (χ3n) is 1.68.